The van der Waals surface area contributed by atoms with E-state index >= 15 is 0 Å². The van der Waals surface area contributed by atoms with Gasteiger partial charge in [-0.15, -0.1) is 11.3 Å². The number of aromatic nitrogens is 1. The van der Waals surface area contributed by atoms with E-state index in [0.29, 0.717) is 0 Å². The number of hydrogen-bond acceptors (Lipinski definition) is 6. The SMILES string of the molecule is Cc1ccc(C(=O)N2CCN(c3nc(CN4CCOCC4)cs3)CC2)cc1C. The number of anilines is 1. The lowest BCUT2D eigenvalue weighted by Crippen LogP contribution is -2.48. The van der Waals surface area contributed by atoms with Crippen molar-refractivity contribution in [1.82, 2.24) is 14.8 Å². The van der Waals surface area contributed by atoms with Gasteiger partial charge in [-0.05, 0) is 37.1 Å². The Labute approximate surface area is 170 Å². The lowest BCUT2D eigenvalue weighted by Gasteiger charge is -2.34. The van der Waals surface area contributed by atoms with Crippen LogP contribution in [0.25, 0.3) is 0 Å². The first-order valence-corrected chi connectivity index (χ1v) is 10.8. The first-order valence-electron chi connectivity index (χ1n) is 9.96. The van der Waals surface area contributed by atoms with Crippen molar-refractivity contribution in [2.75, 3.05) is 57.4 Å². The van der Waals surface area contributed by atoms with Crippen LogP contribution in [0.15, 0.2) is 23.6 Å². The molecule has 2 aliphatic rings. The summed E-state index contributed by atoms with van der Waals surface area (Å²) in [6.07, 6.45) is 0. The number of benzene rings is 1. The second kappa shape index (κ2) is 8.59. The van der Waals surface area contributed by atoms with Crippen LogP contribution in [0.1, 0.15) is 27.2 Å². The van der Waals surface area contributed by atoms with E-state index in [1.807, 2.05) is 23.1 Å². The smallest absolute Gasteiger partial charge is 0.253 e. The van der Waals surface area contributed by atoms with Gasteiger partial charge in [-0.2, -0.15) is 0 Å². The van der Waals surface area contributed by atoms with Crippen molar-refractivity contribution in [2.24, 2.45) is 0 Å². The third-order valence-corrected chi connectivity index (χ3v) is 6.57. The minimum Gasteiger partial charge on any atom is -0.379 e. The van der Waals surface area contributed by atoms with Crippen molar-refractivity contribution in [3.8, 4) is 0 Å². The Balaban J connectivity index is 1.32. The molecule has 4 rings (SSSR count). The van der Waals surface area contributed by atoms with Crippen LogP contribution in [0.5, 0.6) is 0 Å². The number of hydrogen-bond donors (Lipinski definition) is 0. The number of piperazine rings is 1. The zero-order valence-corrected chi connectivity index (χ0v) is 17.5. The minimum atomic E-state index is 0.134. The van der Waals surface area contributed by atoms with E-state index in [1.54, 1.807) is 11.3 Å². The molecule has 3 heterocycles. The Hall–Kier alpha value is -1.96. The molecule has 0 spiro atoms. The van der Waals surface area contributed by atoms with Gasteiger partial charge in [0.05, 0.1) is 18.9 Å². The third-order valence-electron chi connectivity index (χ3n) is 5.62. The van der Waals surface area contributed by atoms with Crippen molar-refractivity contribution in [2.45, 2.75) is 20.4 Å². The summed E-state index contributed by atoms with van der Waals surface area (Å²) in [5, 5.41) is 3.23. The van der Waals surface area contributed by atoms with E-state index in [-0.39, 0.29) is 5.91 Å². The fraction of sp³-hybridized carbons (Fsp3) is 0.524. The summed E-state index contributed by atoms with van der Waals surface area (Å²) < 4.78 is 5.41. The first kappa shape index (κ1) is 19.4. The predicted molar refractivity (Wildman–Crippen MR) is 112 cm³/mol. The van der Waals surface area contributed by atoms with Gasteiger partial charge in [0, 0.05) is 56.8 Å². The molecule has 150 valence electrons. The maximum atomic E-state index is 12.8. The molecule has 0 unspecified atom stereocenters. The van der Waals surface area contributed by atoms with Crippen LogP contribution >= 0.6 is 11.3 Å². The zero-order chi connectivity index (χ0) is 19.5. The summed E-state index contributed by atoms with van der Waals surface area (Å²) in [6, 6.07) is 5.98. The zero-order valence-electron chi connectivity index (χ0n) is 16.7. The third kappa shape index (κ3) is 4.37. The molecule has 2 saturated heterocycles. The number of rotatable bonds is 4. The Kier molecular flexibility index (Phi) is 5.94. The first-order chi connectivity index (χ1) is 13.6. The largest absolute Gasteiger partial charge is 0.379 e. The molecule has 0 atom stereocenters. The fourth-order valence-corrected chi connectivity index (χ4v) is 4.53. The van der Waals surface area contributed by atoms with Crippen molar-refractivity contribution in [3.63, 3.8) is 0 Å². The highest BCUT2D eigenvalue weighted by Gasteiger charge is 2.24. The van der Waals surface area contributed by atoms with Crippen LogP contribution in [0.4, 0.5) is 5.13 Å². The number of morpholine rings is 1. The van der Waals surface area contributed by atoms with Crippen LogP contribution in [0.3, 0.4) is 0 Å². The van der Waals surface area contributed by atoms with Gasteiger partial charge >= 0.3 is 0 Å². The highest BCUT2D eigenvalue weighted by atomic mass is 32.1. The molecule has 2 aromatic rings. The van der Waals surface area contributed by atoms with Crippen molar-refractivity contribution in [1.29, 1.82) is 0 Å². The normalized spacial score (nSPS) is 18.5. The molecule has 0 N–H and O–H groups in total. The van der Waals surface area contributed by atoms with Gasteiger partial charge in [-0.1, -0.05) is 6.07 Å². The summed E-state index contributed by atoms with van der Waals surface area (Å²) in [7, 11) is 0. The van der Waals surface area contributed by atoms with Gasteiger partial charge in [-0.3, -0.25) is 9.69 Å². The van der Waals surface area contributed by atoms with E-state index < -0.39 is 0 Å². The van der Waals surface area contributed by atoms with Crippen molar-refractivity contribution < 1.29 is 9.53 Å². The van der Waals surface area contributed by atoms with Gasteiger partial charge in [0.25, 0.3) is 5.91 Å². The number of amides is 1. The molecular formula is C21H28N4O2S. The van der Waals surface area contributed by atoms with Gasteiger partial charge < -0.3 is 14.5 Å². The fourth-order valence-electron chi connectivity index (χ4n) is 3.66. The number of aryl methyl sites for hydroxylation is 2. The molecule has 1 amide bonds. The van der Waals surface area contributed by atoms with Crippen molar-refractivity contribution >= 4 is 22.4 Å². The highest BCUT2D eigenvalue weighted by molar-refractivity contribution is 7.13. The second-order valence-corrected chi connectivity index (χ2v) is 8.42. The molecule has 1 aromatic carbocycles. The topological polar surface area (TPSA) is 48.9 Å². The molecule has 2 aliphatic heterocycles. The number of nitrogens with zero attached hydrogens (tertiary/aromatic N) is 4. The van der Waals surface area contributed by atoms with Gasteiger partial charge in [0.2, 0.25) is 0 Å². The van der Waals surface area contributed by atoms with Crippen LogP contribution in [-0.4, -0.2) is 73.2 Å². The quantitative estimate of drug-likeness (QED) is 0.789. The highest BCUT2D eigenvalue weighted by Crippen LogP contribution is 2.23. The van der Waals surface area contributed by atoms with Crippen LogP contribution in [-0.2, 0) is 11.3 Å². The lowest BCUT2D eigenvalue weighted by atomic mass is 10.1. The number of ether oxygens (including phenoxy) is 1. The Morgan fingerprint density at radius 3 is 2.54 bits per heavy atom. The molecule has 0 saturated carbocycles. The van der Waals surface area contributed by atoms with Crippen LogP contribution < -0.4 is 4.90 Å². The minimum absolute atomic E-state index is 0.134. The summed E-state index contributed by atoms with van der Waals surface area (Å²) in [5.74, 6) is 0.134. The molecule has 1 aromatic heterocycles. The number of carbonyl (C=O) groups excluding carboxylic acids is 1. The monoisotopic (exact) mass is 400 g/mol. The molecule has 0 radical (unpaired) electrons. The van der Waals surface area contributed by atoms with E-state index in [9.17, 15) is 4.79 Å². The van der Waals surface area contributed by atoms with Crippen LogP contribution in [0, 0.1) is 13.8 Å². The summed E-state index contributed by atoms with van der Waals surface area (Å²) in [5.41, 5.74) is 4.31. The van der Waals surface area contributed by atoms with E-state index in [4.69, 9.17) is 9.72 Å². The Morgan fingerprint density at radius 2 is 1.82 bits per heavy atom. The second-order valence-electron chi connectivity index (χ2n) is 7.59. The van der Waals surface area contributed by atoms with Crippen molar-refractivity contribution in [3.05, 3.63) is 46.0 Å². The Morgan fingerprint density at radius 1 is 1.07 bits per heavy atom. The van der Waals surface area contributed by atoms with Gasteiger partial charge in [-0.25, -0.2) is 4.98 Å². The summed E-state index contributed by atoms with van der Waals surface area (Å²) in [4.78, 5) is 24.3. The van der Waals surface area contributed by atoms with Gasteiger partial charge in [0.15, 0.2) is 5.13 Å². The van der Waals surface area contributed by atoms with E-state index in [2.05, 4.69) is 29.0 Å². The van der Waals surface area contributed by atoms with E-state index in [1.165, 1.54) is 11.1 Å². The summed E-state index contributed by atoms with van der Waals surface area (Å²) in [6.45, 7) is 11.8. The maximum absolute atomic E-state index is 12.8. The maximum Gasteiger partial charge on any atom is 0.253 e. The van der Waals surface area contributed by atoms with Gasteiger partial charge in [0.1, 0.15) is 0 Å². The Bertz CT molecular complexity index is 824. The molecular weight excluding hydrogens is 372 g/mol. The molecule has 0 aliphatic carbocycles. The average Bonchev–Trinajstić information content (AvgIpc) is 3.19. The lowest BCUT2D eigenvalue weighted by molar-refractivity contribution is 0.0337. The number of thiazole rings is 1. The molecule has 28 heavy (non-hydrogen) atoms. The predicted octanol–water partition coefficient (Wildman–Crippen LogP) is 2.55. The molecule has 0 bridgehead atoms. The average molecular weight is 401 g/mol. The standard InChI is InChI=1S/C21H28N4O2S/c1-16-3-4-18(13-17(16)2)20(26)24-5-7-25(8-6-24)21-22-19(15-28-21)14-23-9-11-27-12-10-23/h3-4,13,15H,5-12,14H2,1-2H3. The molecule has 7 heteroatoms. The summed E-state index contributed by atoms with van der Waals surface area (Å²) >= 11 is 1.71. The number of carbonyl (C=O) groups is 1. The van der Waals surface area contributed by atoms with E-state index in [0.717, 1.165) is 75.4 Å². The molecule has 6 nitrogen and oxygen atoms in total. The molecule has 2 fully saturated rings. The van der Waals surface area contributed by atoms with Crippen LogP contribution in [0.2, 0.25) is 0 Å².